The van der Waals surface area contributed by atoms with E-state index in [0.717, 1.165) is 21.7 Å². The third-order valence-corrected chi connectivity index (χ3v) is 5.13. The fourth-order valence-corrected chi connectivity index (χ4v) is 3.58. The van der Waals surface area contributed by atoms with E-state index >= 15 is 0 Å². The van der Waals surface area contributed by atoms with Crippen molar-refractivity contribution in [2.45, 2.75) is 23.9 Å². The summed E-state index contributed by atoms with van der Waals surface area (Å²) < 4.78 is 0.854. The molecule has 2 aromatic heterocycles. The minimum Gasteiger partial charge on any atom is -0.368 e. The number of aromatic nitrogens is 5. The molecule has 10 heteroatoms. The van der Waals surface area contributed by atoms with Crippen LogP contribution in [0.25, 0.3) is 0 Å². The molecule has 0 saturated carbocycles. The number of nitrogen functional groups attached to an aromatic ring is 1. The Morgan fingerprint density at radius 3 is 2.69 bits per heavy atom. The Kier molecular flexibility index (Phi) is 6.18. The average Bonchev–Trinajstić information content (AvgIpc) is 3.07. The Labute approximate surface area is 160 Å². The van der Waals surface area contributed by atoms with E-state index < -0.39 is 0 Å². The first-order valence-electron chi connectivity index (χ1n) is 8.11. The van der Waals surface area contributed by atoms with Gasteiger partial charge in [-0.05, 0) is 18.1 Å². The second-order valence-corrected chi connectivity index (χ2v) is 8.06. The second kappa shape index (κ2) is 8.77. The number of thioether (sulfide) groups is 1. The molecule has 26 heavy (non-hydrogen) atoms. The van der Waals surface area contributed by atoms with E-state index in [-0.39, 0.29) is 5.95 Å². The first-order valence-corrected chi connectivity index (χ1v) is 9.91. The van der Waals surface area contributed by atoms with E-state index in [1.807, 2.05) is 30.3 Å². The second-order valence-electron chi connectivity index (χ2n) is 5.86. The van der Waals surface area contributed by atoms with E-state index in [0.29, 0.717) is 23.4 Å². The summed E-state index contributed by atoms with van der Waals surface area (Å²) in [6.07, 6.45) is 0. The van der Waals surface area contributed by atoms with E-state index in [4.69, 9.17) is 5.73 Å². The van der Waals surface area contributed by atoms with Gasteiger partial charge in [0.25, 0.3) is 0 Å². The highest BCUT2D eigenvalue weighted by Crippen LogP contribution is 2.28. The van der Waals surface area contributed by atoms with Crippen molar-refractivity contribution >= 4 is 45.8 Å². The number of para-hydroxylation sites is 1. The Morgan fingerprint density at radius 2 is 1.92 bits per heavy atom. The molecular weight excluding hydrogens is 368 g/mol. The largest absolute Gasteiger partial charge is 0.368 e. The van der Waals surface area contributed by atoms with Crippen molar-refractivity contribution in [3.63, 3.8) is 0 Å². The first-order chi connectivity index (χ1) is 12.6. The summed E-state index contributed by atoms with van der Waals surface area (Å²) in [5.41, 5.74) is 6.70. The quantitative estimate of drug-likeness (QED) is 0.499. The van der Waals surface area contributed by atoms with Gasteiger partial charge in [0.2, 0.25) is 17.0 Å². The van der Waals surface area contributed by atoms with Gasteiger partial charge in [0, 0.05) is 12.2 Å². The lowest BCUT2D eigenvalue weighted by Crippen LogP contribution is -2.07. The van der Waals surface area contributed by atoms with Crippen molar-refractivity contribution < 1.29 is 0 Å². The van der Waals surface area contributed by atoms with Crippen LogP contribution in [0.5, 0.6) is 0 Å². The van der Waals surface area contributed by atoms with Gasteiger partial charge in [-0.3, -0.25) is 0 Å². The van der Waals surface area contributed by atoms with Gasteiger partial charge in [-0.25, -0.2) is 0 Å². The molecule has 3 rings (SSSR count). The highest BCUT2D eigenvalue weighted by molar-refractivity contribution is 8.00. The van der Waals surface area contributed by atoms with Crippen LogP contribution in [0.1, 0.15) is 19.7 Å². The first kappa shape index (κ1) is 18.3. The number of nitrogens with one attached hydrogen (secondary N) is 2. The highest BCUT2D eigenvalue weighted by atomic mass is 32.2. The molecule has 1 aromatic carbocycles. The van der Waals surface area contributed by atoms with Crippen LogP contribution < -0.4 is 16.4 Å². The smallest absolute Gasteiger partial charge is 0.232 e. The van der Waals surface area contributed by atoms with Crippen molar-refractivity contribution in [1.82, 2.24) is 25.1 Å². The molecule has 0 radical (unpaired) electrons. The molecule has 0 spiro atoms. The zero-order valence-corrected chi connectivity index (χ0v) is 16.1. The van der Waals surface area contributed by atoms with Gasteiger partial charge in [0.05, 0.1) is 5.75 Å². The third kappa shape index (κ3) is 5.53. The van der Waals surface area contributed by atoms with Crippen LogP contribution in [0.2, 0.25) is 0 Å². The topological polar surface area (TPSA) is 115 Å². The van der Waals surface area contributed by atoms with Crippen LogP contribution >= 0.6 is 23.1 Å². The highest BCUT2D eigenvalue weighted by Gasteiger charge is 2.09. The zero-order valence-electron chi connectivity index (χ0n) is 14.5. The van der Waals surface area contributed by atoms with Crippen LogP contribution in [0.3, 0.4) is 0 Å². The molecule has 0 saturated heterocycles. The predicted molar refractivity (Wildman–Crippen MR) is 107 cm³/mol. The summed E-state index contributed by atoms with van der Waals surface area (Å²) in [6.45, 7) is 5.17. The fraction of sp³-hybridized carbons (Fsp3) is 0.312. The van der Waals surface area contributed by atoms with Gasteiger partial charge in [-0.15, -0.1) is 10.2 Å². The van der Waals surface area contributed by atoms with Crippen molar-refractivity contribution in [2.75, 3.05) is 22.9 Å². The Balaban J connectivity index is 1.61. The van der Waals surface area contributed by atoms with Crippen LogP contribution in [0.15, 0.2) is 34.7 Å². The molecule has 0 aliphatic carbocycles. The molecule has 4 N–H and O–H groups in total. The van der Waals surface area contributed by atoms with Gasteiger partial charge in [-0.2, -0.15) is 15.0 Å². The molecule has 0 atom stereocenters. The predicted octanol–water partition coefficient (Wildman–Crippen LogP) is 3.41. The van der Waals surface area contributed by atoms with Crippen LogP contribution in [0, 0.1) is 5.92 Å². The normalized spacial score (nSPS) is 10.9. The van der Waals surface area contributed by atoms with E-state index in [1.54, 1.807) is 0 Å². The van der Waals surface area contributed by atoms with Crippen molar-refractivity contribution in [1.29, 1.82) is 0 Å². The standard InChI is InChI=1S/C16H20N8S2/c1-10(2)8-18-15-23-24-16(26-15)25-9-12-20-13(17)22-14(21-12)19-11-6-4-3-5-7-11/h3-7,10H,8-9H2,1-2H3,(H,18,23)(H3,17,19,20,21,22). The zero-order chi connectivity index (χ0) is 18.4. The molecule has 8 nitrogen and oxygen atoms in total. The molecule has 2 heterocycles. The molecule has 0 aliphatic heterocycles. The van der Waals surface area contributed by atoms with Crippen molar-refractivity contribution in [2.24, 2.45) is 5.92 Å². The molecule has 0 bridgehead atoms. The van der Waals surface area contributed by atoms with E-state index in [1.165, 1.54) is 23.1 Å². The van der Waals surface area contributed by atoms with Gasteiger partial charge in [0.15, 0.2) is 4.34 Å². The summed E-state index contributed by atoms with van der Waals surface area (Å²) in [6, 6.07) is 9.68. The van der Waals surface area contributed by atoms with Crippen molar-refractivity contribution in [3.05, 3.63) is 36.2 Å². The molecule has 136 valence electrons. The van der Waals surface area contributed by atoms with Gasteiger partial charge in [0.1, 0.15) is 5.82 Å². The van der Waals surface area contributed by atoms with Crippen LogP contribution in [-0.2, 0) is 5.75 Å². The van der Waals surface area contributed by atoms with E-state index in [9.17, 15) is 0 Å². The Bertz CT molecular complexity index is 837. The molecule has 3 aromatic rings. The molecule has 0 fully saturated rings. The number of rotatable bonds is 8. The molecule has 0 unspecified atom stereocenters. The fourth-order valence-electron chi connectivity index (χ4n) is 1.97. The number of benzene rings is 1. The lowest BCUT2D eigenvalue weighted by molar-refractivity contribution is 0.687. The monoisotopic (exact) mass is 388 g/mol. The summed E-state index contributed by atoms with van der Waals surface area (Å²) in [4.78, 5) is 12.7. The van der Waals surface area contributed by atoms with Gasteiger partial charge in [-0.1, -0.05) is 55.1 Å². The number of hydrogen-bond acceptors (Lipinski definition) is 10. The SMILES string of the molecule is CC(C)CNc1nnc(SCc2nc(N)nc(Nc3ccccc3)n2)s1. The Morgan fingerprint density at radius 1 is 1.12 bits per heavy atom. The maximum atomic E-state index is 5.81. The molecule has 0 amide bonds. The average molecular weight is 389 g/mol. The maximum absolute atomic E-state index is 5.81. The third-order valence-electron chi connectivity index (χ3n) is 3.12. The van der Waals surface area contributed by atoms with Gasteiger partial charge >= 0.3 is 0 Å². The summed E-state index contributed by atoms with van der Waals surface area (Å²) in [5.74, 6) is 2.29. The van der Waals surface area contributed by atoms with Crippen LogP contribution in [0.4, 0.5) is 22.7 Å². The summed E-state index contributed by atoms with van der Waals surface area (Å²) in [7, 11) is 0. The number of anilines is 4. The minimum atomic E-state index is 0.186. The summed E-state index contributed by atoms with van der Waals surface area (Å²) >= 11 is 3.04. The number of hydrogen-bond donors (Lipinski definition) is 3. The minimum absolute atomic E-state index is 0.186. The maximum Gasteiger partial charge on any atom is 0.232 e. The van der Waals surface area contributed by atoms with E-state index in [2.05, 4.69) is 49.6 Å². The molecule has 0 aliphatic rings. The van der Waals surface area contributed by atoms with Gasteiger partial charge < -0.3 is 16.4 Å². The van der Waals surface area contributed by atoms with Crippen molar-refractivity contribution in [3.8, 4) is 0 Å². The van der Waals surface area contributed by atoms with Crippen LogP contribution in [-0.4, -0.2) is 31.7 Å². The lowest BCUT2D eigenvalue weighted by atomic mass is 10.2. The Hall–Kier alpha value is -2.46. The number of nitrogens with two attached hydrogens (primary N) is 1. The lowest BCUT2D eigenvalue weighted by Gasteiger charge is -2.06. The number of nitrogens with zero attached hydrogens (tertiary/aromatic N) is 5. The molecular formula is C16H20N8S2. The summed E-state index contributed by atoms with van der Waals surface area (Å²) in [5, 5.41) is 15.5.